The fourth-order valence-corrected chi connectivity index (χ4v) is 3.31. The molecule has 2 rings (SSSR count). The summed E-state index contributed by atoms with van der Waals surface area (Å²) in [6, 6.07) is 8.22. The molecule has 0 aromatic heterocycles. The standard InChI is InChI=1S/C12H16ClO2P.C8H12NP.C4H6O2/c1-7-4-8(2)11(16)6-9(7)5-10(13)12(14)15-3;1-5-3-6(2)8(10)4-7(5)9;1-3-4(5)6-2/h4,6,10H,5,16H2,1-3H3;3-4H,9-10H2,1-2H3;3H,1H2,2H3. The molecule has 3 atom stereocenters. The molecule has 0 amide bonds. The smallest absolute Gasteiger partial charge is 0.329 e. The third-order valence-electron chi connectivity index (χ3n) is 4.60. The molecule has 3 unspecified atom stereocenters. The van der Waals surface area contributed by atoms with E-state index in [2.05, 4.69) is 60.5 Å². The van der Waals surface area contributed by atoms with Gasteiger partial charge >= 0.3 is 11.9 Å². The first-order chi connectivity index (χ1) is 14.9. The molecule has 0 aliphatic heterocycles. The molecule has 2 aromatic rings. The van der Waals surface area contributed by atoms with Crippen LogP contribution in [0.15, 0.2) is 36.9 Å². The van der Waals surface area contributed by atoms with Crippen LogP contribution in [0.1, 0.15) is 27.8 Å². The number of ether oxygens (including phenoxy) is 2. The van der Waals surface area contributed by atoms with E-state index >= 15 is 0 Å². The van der Waals surface area contributed by atoms with Gasteiger partial charge in [0.2, 0.25) is 0 Å². The summed E-state index contributed by atoms with van der Waals surface area (Å²) < 4.78 is 8.74. The van der Waals surface area contributed by atoms with Gasteiger partial charge in [0.25, 0.3) is 0 Å². The van der Waals surface area contributed by atoms with Crippen LogP contribution in [0.25, 0.3) is 0 Å². The van der Waals surface area contributed by atoms with Crippen LogP contribution in [0.4, 0.5) is 5.69 Å². The number of nitrogen functional groups attached to an aromatic ring is 1. The van der Waals surface area contributed by atoms with Crippen molar-refractivity contribution in [1.29, 1.82) is 0 Å². The highest BCUT2D eigenvalue weighted by atomic mass is 35.5. The molecule has 0 saturated heterocycles. The second-order valence-corrected chi connectivity index (χ2v) is 8.89. The second kappa shape index (κ2) is 15.0. The highest BCUT2D eigenvalue weighted by Crippen LogP contribution is 2.16. The van der Waals surface area contributed by atoms with Gasteiger partial charge in [-0.2, -0.15) is 0 Å². The van der Waals surface area contributed by atoms with Crippen LogP contribution in [0, 0.1) is 27.7 Å². The number of alkyl halides is 1. The lowest BCUT2D eigenvalue weighted by Gasteiger charge is -2.12. The van der Waals surface area contributed by atoms with Gasteiger partial charge in [0.05, 0.1) is 14.2 Å². The molecular formula is C24H34ClNO4P2. The number of hydrogen-bond acceptors (Lipinski definition) is 5. The average molecular weight is 498 g/mol. The van der Waals surface area contributed by atoms with E-state index in [1.165, 1.54) is 30.7 Å². The molecule has 32 heavy (non-hydrogen) atoms. The highest BCUT2D eigenvalue weighted by Gasteiger charge is 2.17. The van der Waals surface area contributed by atoms with Crippen molar-refractivity contribution in [3.05, 3.63) is 64.7 Å². The Kier molecular flexibility index (Phi) is 14.1. The largest absolute Gasteiger partial charge is 0.468 e. The summed E-state index contributed by atoms with van der Waals surface area (Å²) in [7, 11) is 8.00. The number of halogens is 1. The van der Waals surface area contributed by atoms with E-state index in [-0.39, 0.29) is 5.97 Å². The minimum Gasteiger partial charge on any atom is -0.468 e. The summed E-state index contributed by atoms with van der Waals surface area (Å²) in [5.41, 5.74) is 12.4. The maximum absolute atomic E-state index is 11.2. The van der Waals surface area contributed by atoms with Gasteiger partial charge in [-0.05, 0) is 78.6 Å². The molecule has 2 aromatic carbocycles. The Morgan fingerprint density at radius 1 is 0.969 bits per heavy atom. The maximum atomic E-state index is 11.2. The Labute approximate surface area is 201 Å². The highest BCUT2D eigenvalue weighted by molar-refractivity contribution is 7.27. The van der Waals surface area contributed by atoms with Crippen molar-refractivity contribution >= 4 is 58.3 Å². The van der Waals surface area contributed by atoms with Crippen molar-refractivity contribution in [2.24, 2.45) is 0 Å². The van der Waals surface area contributed by atoms with Gasteiger partial charge in [-0.25, -0.2) is 4.79 Å². The zero-order chi connectivity index (χ0) is 25.0. The van der Waals surface area contributed by atoms with Gasteiger partial charge in [-0.1, -0.05) is 24.8 Å². The first-order valence-corrected chi connectivity index (χ1v) is 11.4. The van der Waals surface area contributed by atoms with Crippen LogP contribution < -0.4 is 16.3 Å². The number of esters is 2. The molecule has 8 heteroatoms. The molecule has 0 bridgehead atoms. The summed E-state index contributed by atoms with van der Waals surface area (Å²) in [4.78, 5) is 21.1. The number of anilines is 1. The summed E-state index contributed by atoms with van der Waals surface area (Å²) in [5.74, 6) is -0.776. The number of nitrogens with two attached hydrogens (primary N) is 1. The van der Waals surface area contributed by atoms with Gasteiger partial charge in [0.1, 0.15) is 5.38 Å². The number of hydrogen-bond donors (Lipinski definition) is 1. The number of benzene rings is 2. The summed E-state index contributed by atoms with van der Waals surface area (Å²) in [6.45, 7) is 11.3. The Hall–Kier alpha value is -1.93. The predicted octanol–water partition coefficient (Wildman–Crippen LogP) is 3.86. The van der Waals surface area contributed by atoms with E-state index in [0.717, 1.165) is 33.8 Å². The van der Waals surface area contributed by atoms with E-state index in [4.69, 9.17) is 17.3 Å². The molecule has 2 N–H and O–H groups in total. The lowest BCUT2D eigenvalue weighted by molar-refractivity contribution is -0.140. The molecule has 176 valence electrons. The normalized spacial score (nSPS) is 10.5. The quantitative estimate of drug-likeness (QED) is 0.228. The zero-order valence-corrected chi connectivity index (χ0v) is 22.7. The Morgan fingerprint density at radius 3 is 1.88 bits per heavy atom. The monoisotopic (exact) mass is 497 g/mol. The van der Waals surface area contributed by atoms with Gasteiger partial charge < -0.3 is 15.2 Å². The molecule has 5 nitrogen and oxygen atoms in total. The first-order valence-electron chi connectivity index (χ1n) is 9.77. The number of aryl methyl sites for hydroxylation is 4. The topological polar surface area (TPSA) is 78.6 Å². The average Bonchev–Trinajstić information content (AvgIpc) is 2.75. The number of methoxy groups -OCH3 is 2. The van der Waals surface area contributed by atoms with Crippen molar-refractivity contribution in [2.45, 2.75) is 39.5 Å². The summed E-state index contributed by atoms with van der Waals surface area (Å²) in [5, 5.41) is 1.70. The van der Waals surface area contributed by atoms with Crippen LogP contribution >= 0.6 is 30.1 Å². The second-order valence-electron chi connectivity index (χ2n) is 7.12. The van der Waals surface area contributed by atoms with E-state index in [9.17, 15) is 9.59 Å². The number of carbonyl (C=O) groups excluding carboxylic acids is 2. The lowest BCUT2D eigenvalue weighted by Crippen LogP contribution is -2.19. The minimum atomic E-state index is -0.615. The molecule has 0 heterocycles. The van der Waals surface area contributed by atoms with E-state index < -0.39 is 11.3 Å². The minimum absolute atomic E-state index is 0.382. The maximum Gasteiger partial charge on any atom is 0.329 e. The van der Waals surface area contributed by atoms with E-state index in [1.807, 2.05) is 26.0 Å². The van der Waals surface area contributed by atoms with Crippen molar-refractivity contribution in [2.75, 3.05) is 20.0 Å². The van der Waals surface area contributed by atoms with Gasteiger partial charge in [0.15, 0.2) is 0 Å². The fraction of sp³-hybridized carbons (Fsp3) is 0.333. The van der Waals surface area contributed by atoms with Crippen LogP contribution in [0.5, 0.6) is 0 Å². The van der Waals surface area contributed by atoms with Crippen molar-refractivity contribution < 1.29 is 19.1 Å². The van der Waals surface area contributed by atoms with E-state index in [1.54, 1.807) is 0 Å². The molecular weight excluding hydrogens is 464 g/mol. The number of rotatable bonds is 4. The van der Waals surface area contributed by atoms with Crippen LogP contribution in [0.2, 0.25) is 0 Å². The molecule has 0 saturated carbocycles. The van der Waals surface area contributed by atoms with E-state index in [0.29, 0.717) is 6.42 Å². The van der Waals surface area contributed by atoms with Gasteiger partial charge in [0, 0.05) is 11.8 Å². The summed E-state index contributed by atoms with van der Waals surface area (Å²) in [6.07, 6.45) is 1.61. The SMILES string of the molecule is C=CC(=O)OC.COC(=O)C(Cl)Cc1cc(P)c(C)cc1C.Cc1cc(C)c(P)cc1N. The molecule has 0 aliphatic carbocycles. The van der Waals surface area contributed by atoms with Crippen LogP contribution in [-0.2, 0) is 25.5 Å². The Balaban J connectivity index is 0.000000511. The first kappa shape index (κ1) is 30.1. The Morgan fingerprint density at radius 2 is 1.47 bits per heavy atom. The zero-order valence-electron chi connectivity index (χ0n) is 19.6. The van der Waals surface area contributed by atoms with Crippen molar-refractivity contribution in [1.82, 2.24) is 0 Å². The van der Waals surface area contributed by atoms with Crippen molar-refractivity contribution in [3.8, 4) is 0 Å². The molecule has 0 radical (unpaired) electrons. The van der Waals surface area contributed by atoms with Crippen LogP contribution in [0.3, 0.4) is 0 Å². The van der Waals surface area contributed by atoms with Crippen LogP contribution in [-0.4, -0.2) is 31.5 Å². The predicted molar refractivity (Wildman–Crippen MR) is 143 cm³/mol. The molecule has 0 spiro atoms. The third-order valence-corrected chi connectivity index (χ3v) is 6.18. The molecule has 0 aliphatic rings. The van der Waals surface area contributed by atoms with Gasteiger partial charge in [-0.15, -0.1) is 30.1 Å². The number of carbonyl (C=O) groups is 2. The fourth-order valence-electron chi connectivity index (χ4n) is 2.51. The Bertz CT molecular complexity index is 898. The molecule has 0 fully saturated rings. The van der Waals surface area contributed by atoms with Gasteiger partial charge in [-0.3, -0.25) is 4.79 Å². The summed E-state index contributed by atoms with van der Waals surface area (Å²) >= 11 is 5.95. The lowest BCUT2D eigenvalue weighted by atomic mass is 10.0. The van der Waals surface area contributed by atoms with Crippen molar-refractivity contribution in [3.63, 3.8) is 0 Å². The third kappa shape index (κ3) is 10.6.